The van der Waals surface area contributed by atoms with Crippen molar-refractivity contribution in [3.05, 3.63) is 36.5 Å². The molecule has 21 heavy (non-hydrogen) atoms. The van der Waals surface area contributed by atoms with Gasteiger partial charge in [-0.3, -0.25) is 4.79 Å². The highest BCUT2D eigenvalue weighted by molar-refractivity contribution is 5.96. The molecule has 0 saturated carbocycles. The summed E-state index contributed by atoms with van der Waals surface area (Å²) in [5.41, 5.74) is 3.00. The minimum Gasteiger partial charge on any atom is -0.357 e. The molecular formula is C15H21N5O. The van der Waals surface area contributed by atoms with Crippen molar-refractivity contribution in [2.24, 2.45) is 5.92 Å². The van der Waals surface area contributed by atoms with Crippen LogP contribution in [-0.4, -0.2) is 32.4 Å². The number of amides is 1. The normalized spacial score (nSPS) is 11.2. The van der Waals surface area contributed by atoms with Crippen LogP contribution in [0.5, 0.6) is 0 Å². The Hall–Kier alpha value is -2.63. The van der Waals surface area contributed by atoms with Gasteiger partial charge in [-0.1, -0.05) is 13.8 Å². The van der Waals surface area contributed by atoms with Gasteiger partial charge in [0.15, 0.2) is 0 Å². The van der Waals surface area contributed by atoms with E-state index in [1.165, 1.54) is 6.33 Å². The zero-order valence-corrected chi connectivity index (χ0v) is 12.0. The Morgan fingerprint density at radius 1 is 1.38 bits per heavy atom. The van der Waals surface area contributed by atoms with E-state index >= 15 is 0 Å². The molecule has 0 unspecified atom stereocenters. The Kier molecular flexibility index (Phi) is 3.43. The predicted octanol–water partition coefficient (Wildman–Crippen LogP) is 2.83. The fourth-order valence-electron chi connectivity index (χ4n) is 2.16. The van der Waals surface area contributed by atoms with Gasteiger partial charge in [-0.05, 0) is 18.1 Å². The molecule has 0 saturated heterocycles. The summed E-state index contributed by atoms with van der Waals surface area (Å²) in [6.07, 6.45) is 5.13. The average Bonchev–Trinajstić information content (AvgIpc) is 3.12. The lowest BCUT2D eigenvalue weighted by molar-refractivity contribution is 0.0944. The van der Waals surface area contributed by atoms with Crippen molar-refractivity contribution >= 4 is 16.9 Å². The van der Waals surface area contributed by atoms with Gasteiger partial charge in [0.05, 0.1) is 5.69 Å². The molecule has 0 atom stereocenters. The number of nitrogens with one attached hydrogen (secondary N) is 3. The van der Waals surface area contributed by atoms with E-state index in [4.69, 9.17) is 0 Å². The topological polar surface area (TPSA) is 86.5 Å². The summed E-state index contributed by atoms with van der Waals surface area (Å²) in [7, 11) is 0. The lowest BCUT2D eigenvalue weighted by atomic mass is 10.1. The van der Waals surface area contributed by atoms with Gasteiger partial charge in [-0.25, -0.2) is 9.97 Å². The highest BCUT2D eigenvalue weighted by Crippen LogP contribution is 2.25. The second-order valence-electron chi connectivity index (χ2n) is 5.37. The van der Waals surface area contributed by atoms with E-state index < -0.39 is 0 Å². The van der Waals surface area contributed by atoms with Crippen molar-refractivity contribution in [3.63, 3.8) is 0 Å². The van der Waals surface area contributed by atoms with E-state index in [0.29, 0.717) is 18.2 Å². The smallest absolute Gasteiger partial charge is 0.267 e. The van der Waals surface area contributed by atoms with Crippen LogP contribution in [0.2, 0.25) is 0 Å². The van der Waals surface area contributed by atoms with Crippen LogP contribution in [0.4, 0.5) is 0 Å². The second kappa shape index (κ2) is 5.40. The molecule has 0 fully saturated rings. The van der Waals surface area contributed by atoms with E-state index in [9.17, 15) is 4.79 Å². The van der Waals surface area contributed by atoms with E-state index in [1.807, 2.05) is 18.3 Å². The molecule has 0 radical (unpaired) electrons. The molecule has 6 heteroatoms. The van der Waals surface area contributed by atoms with Crippen molar-refractivity contribution in [3.8, 4) is 11.3 Å². The minimum atomic E-state index is -0.102. The van der Waals surface area contributed by atoms with Crippen LogP contribution in [0, 0.1) is 5.92 Å². The minimum absolute atomic E-state index is 0. The Bertz CT molecular complexity index is 781. The van der Waals surface area contributed by atoms with Crippen LogP contribution < -0.4 is 5.32 Å². The van der Waals surface area contributed by atoms with Gasteiger partial charge in [-0.2, -0.15) is 0 Å². The summed E-state index contributed by atoms with van der Waals surface area (Å²) in [6.45, 7) is 4.77. The molecule has 3 rings (SSSR count). The SMILES string of the molecule is CC(C)CNC(=O)c1cc(-c2ncnc3[nH]ccc23)c[nH]1.[HH].[HH]. The molecule has 0 aliphatic heterocycles. The van der Waals surface area contributed by atoms with Gasteiger partial charge in [0.1, 0.15) is 17.7 Å². The average molecular weight is 287 g/mol. The summed E-state index contributed by atoms with van der Waals surface area (Å²) in [5.74, 6) is 0.319. The number of fused-ring (bicyclic) bond motifs is 1. The van der Waals surface area contributed by atoms with Crippen molar-refractivity contribution in [2.45, 2.75) is 13.8 Å². The molecule has 3 aromatic heterocycles. The maximum Gasteiger partial charge on any atom is 0.267 e. The van der Waals surface area contributed by atoms with E-state index in [-0.39, 0.29) is 8.76 Å². The third-order valence-electron chi connectivity index (χ3n) is 3.23. The van der Waals surface area contributed by atoms with Crippen molar-refractivity contribution in [1.82, 2.24) is 25.3 Å². The fraction of sp³-hybridized carbons (Fsp3) is 0.267. The van der Waals surface area contributed by atoms with Crippen LogP contribution in [0.25, 0.3) is 22.3 Å². The van der Waals surface area contributed by atoms with Gasteiger partial charge < -0.3 is 15.3 Å². The first-order valence-corrected chi connectivity index (χ1v) is 6.90. The first-order valence-electron chi connectivity index (χ1n) is 6.90. The first kappa shape index (κ1) is 13.4. The van der Waals surface area contributed by atoms with E-state index in [2.05, 4.69) is 39.1 Å². The lowest BCUT2D eigenvalue weighted by Crippen LogP contribution is -2.27. The number of aromatic nitrogens is 4. The first-order chi connectivity index (χ1) is 10.1. The van der Waals surface area contributed by atoms with Gasteiger partial charge >= 0.3 is 0 Å². The number of carbonyl (C=O) groups excluding carboxylic acids is 1. The summed E-state index contributed by atoms with van der Waals surface area (Å²) in [5, 5.41) is 3.82. The number of rotatable bonds is 4. The highest BCUT2D eigenvalue weighted by atomic mass is 16.1. The Balaban J connectivity index is 0.00000132. The molecule has 0 aliphatic carbocycles. The van der Waals surface area contributed by atoms with Crippen LogP contribution in [-0.2, 0) is 0 Å². The molecular weight excluding hydrogens is 266 g/mol. The molecule has 0 bridgehead atoms. The van der Waals surface area contributed by atoms with Crippen molar-refractivity contribution < 1.29 is 7.65 Å². The monoisotopic (exact) mass is 287 g/mol. The summed E-state index contributed by atoms with van der Waals surface area (Å²) < 4.78 is 0. The number of hydrogen-bond acceptors (Lipinski definition) is 3. The number of H-pyrrole nitrogens is 2. The maximum atomic E-state index is 12.0. The largest absolute Gasteiger partial charge is 0.357 e. The van der Waals surface area contributed by atoms with Crippen LogP contribution in [0.15, 0.2) is 30.9 Å². The Morgan fingerprint density at radius 3 is 3.05 bits per heavy atom. The van der Waals surface area contributed by atoms with E-state index in [1.54, 1.807) is 6.20 Å². The van der Waals surface area contributed by atoms with Crippen LogP contribution in [0.3, 0.4) is 0 Å². The fourth-order valence-corrected chi connectivity index (χ4v) is 2.16. The predicted molar refractivity (Wildman–Crippen MR) is 85.1 cm³/mol. The molecule has 3 aromatic rings. The number of carbonyl (C=O) groups is 1. The Morgan fingerprint density at radius 2 is 2.24 bits per heavy atom. The summed E-state index contributed by atoms with van der Waals surface area (Å²) in [4.78, 5) is 26.6. The van der Waals surface area contributed by atoms with Crippen molar-refractivity contribution in [2.75, 3.05) is 6.54 Å². The lowest BCUT2D eigenvalue weighted by Gasteiger charge is -2.05. The number of hydrogen-bond donors (Lipinski definition) is 3. The molecule has 6 nitrogen and oxygen atoms in total. The molecule has 3 heterocycles. The molecule has 0 spiro atoms. The zero-order valence-electron chi connectivity index (χ0n) is 12.0. The van der Waals surface area contributed by atoms with Gasteiger partial charge in [0.25, 0.3) is 5.91 Å². The van der Waals surface area contributed by atoms with Crippen LogP contribution >= 0.6 is 0 Å². The standard InChI is InChI=1S/C15H17N5O.2H2/c1-9(2)6-18-15(21)12-5-10(7-17-12)13-11-3-4-16-14(11)20-8-19-13;;/h3-5,7-9,17H,6H2,1-2H3,(H,18,21)(H,16,19,20);2*1H. The van der Waals surface area contributed by atoms with Crippen molar-refractivity contribution in [1.29, 1.82) is 0 Å². The Labute approximate surface area is 125 Å². The maximum absolute atomic E-state index is 12.0. The molecule has 1 amide bonds. The van der Waals surface area contributed by atoms with Gasteiger partial charge in [0.2, 0.25) is 0 Å². The molecule has 112 valence electrons. The number of nitrogens with zero attached hydrogens (tertiary/aromatic N) is 2. The second-order valence-corrected chi connectivity index (χ2v) is 5.37. The summed E-state index contributed by atoms with van der Waals surface area (Å²) >= 11 is 0. The van der Waals surface area contributed by atoms with E-state index in [0.717, 1.165) is 22.3 Å². The highest BCUT2D eigenvalue weighted by Gasteiger charge is 2.13. The van der Waals surface area contributed by atoms with Crippen LogP contribution in [0.1, 0.15) is 27.2 Å². The quantitative estimate of drug-likeness (QED) is 0.689. The van der Waals surface area contributed by atoms with Gasteiger partial charge in [-0.15, -0.1) is 0 Å². The third-order valence-corrected chi connectivity index (χ3v) is 3.23. The number of aromatic amines is 2. The zero-order chi connectivity index (χ0) is 14.8. The third kappa shape index (κ3) is 2.65. The summed E-state index contributed by atoms with van der Waals surface area (Å²) in [6, 6.07) is 3.74. The molecule has 0 aliphatic rings. The molecule has 0 aromatic carbocycles. The van der Waals surface area contributed by atoms with Gasteiger partial charge in [0, 0.05) is 32.7 Å². The molecule has 3 N–H and O–H groups in total.